The van der Waals surface area contributed by atoms with E-state index in [4.69, 9.17) is 5.73 Å². The van der Waals surface area contributed by atoms with Gasteiger partial charge in [0.25, 0.3) is 5.91 Å². The lowest BCUT2D eigenvalue weighted by Gasteiger charge is -2.21. The zero-order valence-electron chi connectivity index (χ0n) is 10.8. The molecule has 1 fully saturated rings. The molecule has 0 spiro atoms. The smallest absolute Gasteiger partial charge is 0.254 e. The number of fused-ring (bicyclic) bond motifs is 1. The Morgan fingerprint density at radius 1 is 1.44 bits per heavy atom. The van der Waals surface area contributed by atoms with Gasteiger partial charge in [0.2, 0.25) is 0 Å². The van der Waals surface area contributed by atoms with E-state index in [0.29, 0.717) is 6.04 Å². The average Bonchev–Trinajstić information content (AvgIpc) is 3.08. The topological polar surface area (TPSA) is 55.1 Å². The molecule has 1 amide bonds. The molecule has 0 aromatic carbocycles. The Labute approximate surface area is 112 Å². The molecule has 0 saturated heterocycles. The summed E-state index contributed by atoms with van der Waals surface area (Å²) in [6.45, 7) is 2.24. The summed E-state index contributed by atoms with van der Waals surface area (Å²) in [5, 5.41) is 3.78. The van der Waals surface area contributed by atoms with E-state index in [1.54, 1.807) is 11.3 Å². The molecular formula is C14H20N2OS. The molecular weight excluding hydrogens is 244 g/mol. The predicted octanol–water partition coefficient (Wildman–Crippen LogP) is 2.74. The first-order chi connectivity index (χ1) is 8.69. The third kappa shape index (κ3) is 2.14. The first-order valence-corrected chi connectivity index (χ1v) is 7.71. The number of hydrogen-bond donors (Lipinski definition) is 2. The molecule has 1 unspecified atom stereocenters. The first kappa shape index (κ1) is 12.0. The number of anilines is 1. The van der Waals surface area contributed by atoms with Crippen molar-refractivity contribution in [3.8, 4) is 0 Å². The van der Waals surface area contributed by atoms with Crippen LogP contribution in [0.4, 0.5) is 5.00 Å². The van der Waals surface area contributed by atoms with Crippen LogP contribution in [-0.4, -0.2) is 11.9 Å². The van der Waals surface area contributed by atoms with Crippen LogP contribution in [0.3, 0.4) is 0 Å². The van der Waals surface area contributed by atoms with E-state index >= 15 is 0 Å². The van der Waals surface area contributed by atoms with Gasteiger partial charge >= 0.3 is 0 Å². The molecule has 1 aromatic rings. The fraction of sp³-hybridized carbons (Fsp3) is 0.643. The van der Waals surface area contributed by atoms with Gasteiger partial charge in [-0.25, -0.2) is 0 Å². The fourth-order valence-corrected chi connectivity index (χ4v) is 3.99. The van der Waals surface area contributed by atoms with Gasteiger partial charge in [0, 0.05) is 10.9 Å². The van der Waals surface area contributed by atoms with Crippen LogP contribution >= 0.6 is 11.3 Å². The lowest BCUT2D eigenvalue weighted by Crippen LogP contribution is -2.27. The Morgan fingerprint density at radius 3 is 2.89 bits per heavy atom. The van der Waals surface area contributed by atoms with Crippen molar-refractivity contribution < 1.29 is 4.79 Å². The molecule has 0 aliphatic heterocycles. The van der Waals surface area contributed by atoms with Crippen molar-refractivity contribution in [2.24, 2.45) is 5.92 Å². The molecule has 2 aliphatic carbocycles. The third-order valence-corrected chi connectivity index (χ3v) is 5.20. The van der Waals surface area contributed by atoms with E-state index in [2.05, 4.69) is 12.2 Å². The Balaban J connectivity index is 1.86. The molecule has 2 aliphatic rings. The van der Waals surface area contributed by atoms with Crippen LogP contribution in [0.15, 0.2) is 0 Å². The summed E-state index contributed by atoms with van der Waals surface area (Å²) in [6, 6.07) is 0.402. The number of carbonyl (C=O) groups is 1. The van der Waals surface area contributed by atoms with Crippen molar-refractivity contribution in [2.45, 2.75) is 51.5 Å². The number of nitrogen functional groups attached to an aromatic ring is 1. The van der Waals surface area contributed by atoms with Gasteiger partial charge in [-0.2, -0.15) is 0 Å². The van der Waals surface area contributed by atoms with E-state index < -0.39 is 0 Å². The van der Waals surface area contributed by atoms with E-state index in [-0.39, 0.29) is 5.91 Å². The highest BCUT2D eigenvalue weighted by Gasteiger charge is 2.30. The Morgan fingerprint density at radius 2 is 2.22 bits per heavy atom. The first-order valence-electron chi connectivity index (χ1n) is 6.90. The van der Waals surface area contributed by atoms with Crippen LogP contribution in [0, 0.1) is 5.92 Å². The highest BCUT2D eigenvalue weighted by molar-refractivity contribution is 7.16. The van der Waals surface area contributed by atoms with Crippen molar-refractivity contribution in [1.82, 2.24) is 5.32 Å². The van der Waals surface area contributed by atoms with Gasteiger partial charge in [-0.1, -0.05) is 13.3 Å². The Bertz CT molecular complexity index is 476. The number of amides is 1. The molecule has 0 bridgehead atoms. The second-order valence-electron chi connectivity index (χ2n) is 5.51. The van der Waals surface area contributed by atoms with Gasteiger partial charge in [-0.05, 0) is 43.6 Å². The molecule has 1 aromatic heterocycles. The summed E-state index contributed by atoms with van der Waals surface area (Å²) < 4.78 is 0. The lowest BCUT2D eigenvalue weighted by molar-refractivity contribution is 0.0951. The van der Waals surface area contributed by atoms with Crippen LogP contribution in [0.2, 0.25) is 0 Å². The van der Waals surface area contributed by atoms with Crippen LogP contribution in [0.1, 0.15) is 53.4 Å². The number of hydrogen-bond acceptors (Lipinski definition) is 3. The number of rotatable bonds is 3. The monoisotopic (exact) mass is 264 g/mol. The minimum atomic E-state index is 0.0578. The minimum Gasteiger partial charge on any atom is -0.390 e. The number of nitrogens with one attached hydrogen (secondary N) is 1. The molecule has 4 heteroatoms. The Hall–Kier alpha value is -1.03. The molecule has 3 rings (SSSR count). The highest BCUT2D eigenvalue weighted by Crippen LogP contribution is 2.39. The molecule has 0 radical (unpaired) electrons. The van der Waals surface area contributed by atoms with Crippen molar-refractivity contribution in [2.75, 3.05) is 5.73 Å². The number of nitrogens with two attached hydrogens (primary N) is 1. The molecule has 98 valence electrons. The summed E-state index contributed by atoms with van der Waals surface area (Å²) in [4.78, 5) is 13.6. The van der Waals surface area contributed by atoms with Crippen LogP contribution in [0.5, 0.6) is 0 Å². The number of carbonyl (C=O) groups excluding carboxylic acids is 1. The van der Waals surface area contributed by atoms with Gasteiger partial charge in [-0.3, -0.25) is 4.79 Å². The van der Waals surface area contributed by atoms with Crippen molar-refractivity contribution in [3.05, 3.63) is 16.0 Å². The third-order valence-electron chi connectivity index (χ3n) is 4.11. The maximum absolute atomic E-state index is 12.2. The van der Waals surface area contributed by atoms with Crippen LogP contribution in [0.25, 0.3) is 0 Å². The second-order valence-corrected chi connectivity index (χ2v) is 6.64. The highest BCUT2D eigenvalue weighted by atomic mass is 32.1. The SMILES string of the molecule is CCC1CCc2c(sc(N)c2C(=O)NC2CC2)C1. The lowest BCUT2D eigenvalue weighted by atomic mass is 9.85. The zero-order chi connectivity index (χ0) is 12.7. The molecule has 3 N–H and O–H groups in total. The summed E-state index contributed by atoms with van der Waals surface area (Å²) >= 11 is 1.63. The Kier molecular flexibility index (Phi) is 3.06. The minimum absolute atomic E-state index is 0.0578. The molecule has 1 heterocycles. The summed E-state index contributed by atoms with van der Waals surface area (Å²) in [6.07, 6.45) is 6.79. The predicted molar refractivity (Wildman–Crippen MR) is 75.0 cm³/mol. The zero-order valence-corrected chi connectivity index (χ0v) is 11.6. The summed E-state index contributed by atoms with van der Waals surface area (Å²) in [7, 11) is 0. The van der Waals surface area contributed by atoms with E-state index in [0.717, 1.165) is 42.2 Å². The van der Waals surface area contributed by atoms with E-state index in [1.807, 2.05) is 0 Å². The second kappa shape index (κ2) is 4.57. The van der Waals surface area contributed by atoms with Gasteiger partial charge in [0.1, 0.15) is 0 Å². The average molecular weight is 264 g/mol. The van der Waals surface area contributed by atoms with Gasteiger partial charge < -0.3 is 11.1 Å². The van der Waals surface area contributed by atoms with E-state index in [1.165, 1.54) is 23.3 Å². The van der Waals surface area contributed by atoms with Crippen molar-refractivity contribution in [1.29, 1.82) is 0 Å². The number of thiophene rings is 1. The van der Waals surface area contributed by atoms with Crippen molar-refractivity contribution in [3.63, 3.8) is 0 Å². The fourth-order valence-electron chi connectivity index (χ4n) is 2.76. The largest absolute Gasteiger partial charge is 0.390 e. The van der Waals surface area contributed by atoms with Crippen LogP contribution < -0.4 is 11.1 Å². The van der Waals surface area contributed by atoms with Gasteiger partial charge in [0.15, 0.2) is 0 Å². The maximum Gasteiger partial charge on any atom is 0.254 e. The summed E-state index contributed by atoms with van der Waals surface area (Å²) in [5.41, 5.74) is 8.09. The maximum atomic E-state index is 12.2. The molecule has 18 heavy (non-hydrogen) atoms. The molecule has 1 atom stereocenters. The molecule has 3 nitrogen and oxygen atoms in total. The van der Waals surface area contributed by atoms with Crippen LogP contribution in [-0.2, 0) is 12.8 Å². The van der Waals surface area contributed by atoms with Crippen molar-refractivity contribution >= 4 is 22.2 Å². The normalized spacial score (nSPS) is 22.6. The van der Waals surface area contributed by atoms with Gasteiger partial charge in [0.05, 0.1) is 10.6 Å². The van der Waals surface area contributed by atoms with Gasteiger partial charge in [-0.15, -0.1) is 11.3 Å². The van der Waals surface area contributed by atoms with E-state index in [9.17, 15) is 4.79 Å². The summed E-state index contributed by atoms with van der Waals surface area (Å²) in [5.74, 6) is 0.831. The quantitative estimate of drug-likeness (QED) is 0.882. The molecule has 1 saturated carbocycles. The standard InChI is InChI=1S/C14H20N2OS/c1-2-8-3-6-10-11(7-8)18-13(15)12(10)14(17)16-9-4-5-9/h8-9H,2-7,15H2,1H3,(H,16,17).